The summed E-state index contributed by atoms with van der Waals surface area (Å²) < 4.78 is 11.6. The Morgan fingerprint density at radius 2 is 1.97 bits per heavy atom. The number of carbonyl (C=O) groups is 3. The number of unbranched alkanes of at least 4 members (excludes halogenated alkanes) is 3. The number of amides is 2. The van der Waals surface area contributed by atoms with Crippen molar-refractivity contribution in [1.29, 1.82) is 0 Å². The molecule has 4 rings (SSSR count). The molecule has 0 aliphatic carbocycles. The summed E-state index contributed by atoms with van der Waals surface area (Å²) >= 11 is 0. The predicted octanol–water partition coefficient (Wildman–Crippen LogP) is 1.79. The summed E-state index contributed by atoms with van der Waals surface area (Å²) in [5.41, 5.74) is -0.00813. The number of aliphatic hydroxyl groups excluding tert-OH is 1. The van der Waals surface area contributed by atoms with Gasteiger partial charge < -0.3 is 24.8 Å². The van der Waals surface area contributed by atoms with Crippen molar-refractivity contribution >= 4 is 17.8 Å². The zero-order chi connectivity index (χ0) is 23.4. The summed E-state index contributed by atoms with van der Waals surface area (Å²) in [6.07, 6.45) is 4.00. The Balaban J connectivity index is 1.56. The molecule has 8 heteroatoms. The van der Waals surface area contributed by atoms with E-state index in [0.717, 1.165) is 31.2 Å². The van der Waals surface area contributed by atoms with E-state index in [4.69, 9.17) is 14.6 Å². The molecular formula is C25H34N2O6. The number of esters is 1. The first kappa shape index (κ1) is 23.7. The minimum atomic E-state index is -0.981. The van der Waals surface area contributed by atoms with Crippen LogP contribution in [-0.4, -0.2) is 65.3 Å². The molecule has 1 aromatic rings. The van der Waals surface area contributed by atoms with Crippen LogP contribution < -0.4 is 5.32 Å². The molecule has 3 aliphatic heterocycles. The van der Waals surface area contributed by atoms with Gasteiger partial charge in [0, 0.05) is 19.7 Å². The van der Waals surface area contributed by atoms with Crippen molar-refractivity contribution in [3.8, 4) is 0 Å². The van der Waals surface area contributed by atoms with E-state index in [0.29, 0.717) is 25.9 Å². The molecule has 3 aliphatic rings. The summed E-state index contributed by atoms with van der Waals surface area (Å²) in [7, 11) is 0. The number of fused-ring (bicyclic) bond motifs is 1. The van der Waals surface area contributed by atoms with Crippen LogP contribution in [0.15, 0.2) is 30.3 Å². The fourth-order valence-electron chi connectivity index (χ4n) is 5.83. The summed E-state index contributed by atoms with van der Waals surface area (Å²) in [5.74, 6) is -2.17. The SMILES string of the molecule is CCOC(=O)[C@@H]1[C@H]2C(=O)N(CCCCCCO)[C@H](C(=O)NCc3ccccc3)[C@]23CC[C@H]1O3. The molecule has 5 atom stereocenters. The van der Waals surface area contributed by atoms with Crippen molar-refractivity contribution in [2.75, 3.05) is 19.8 Å². The van der Waals surface area contributed by atoms with Gasteiger partial charge in [0.25, 0.3) is 0 Å². The quantitative estimate of drug-likeness (QED) is 0.387. The van der Waals surface area contributed by atoms with Crippen LogP contribution in [0.25, 0.3) is 0 Å². The highest BCUT2D eigenvalue weighted by Gasteiger charge is 2.74. The number of rotatable bonds is 11. The molecule has 2 amide bonds. The monoisotopic (exact) mass is 458 g/mol. The van der Waals surface area contributed by atoms with Gasteiger partial charge in [-0.1, -0.05) is 43.2 Å². The molecule has 1 spiro atoms. The molecule has 0 unspecified atom stereocenters. The zero-order valence-electron chi connectivity index (χ0n) is 19.2. The highest BCUT2D eigenvalue weighted by molar-refractivity contribution is 5.98. The van der Waals surface area contributed by atoms with E-state index in [2.05, 4.69) is 5.32 Å². The van der Waals surface area contributed by atoms with Crippen molar-refractivity contribution in [2.24, 2.45) is 11.8 Å². The Hall–Kier alpha value is -2.45. The van der Waals surface area contributed by atoms with E-state index < -0.39 is 29.4 Å². The minimum Gasteiger partial charge on any atom is -0.466 e. The summed E-state index contributed by atoms with van der Waals surface area (Å²) in [5, 5.41) is 12.0. The summed E-state index contributed by atoms with van der Waals surface area (Å²) in [4.78, 5) is 41.5. The largest absolute Gasteiger partial charge is 0.466 e. The first-order chi connectivity index (χ1) is 16.0. The second-order valence-electron chi connectivity index (χ2n) is 9.18. The Morgan fingerprint density at radius 1 is 1.21 bits per heavy atom. The van der Waals surface area contributed by atoms with Crippen LogP contribution in [0.5, 0.6) is 0 Å². The zero-order valence-corrected chi connectivity index (χ0v) is 19.2. The third kappa shape index (κ3) is 4.38. The van der Waals surface area contributed by atoms with Crippen molar-refractivity contribution in [1.82, 2.24) is 10.2 Å². The van der Waals surface area contributed by atoms with Gasteiger partial charge in [-0.2, -0.15) is 0 Å². The second kappa shape index (κ2) is 10.2. The van der Waals surface area contributed by atoms with E-state index in [1.165, 1.54) is 0 Å². The molecule has 33 heavy (non-hydrogen) atoms. The number of hydrogen-bond acceptors (Lipinski definition) is 6. The molecule has 1 aromatic carbocycles. The number of hydrogen-bond donors (Lipinski definition) is 2. The Kier molecular flexibility index (Phi) is 7.34. The number of nitrogens with zero attached hydrogens (tertiary/aromatic N) is 1. The lowest BCUT2D eigenvalue weighted by Crippen LogP contribution is -2.55. The molecule has 180 valence electrons. The average molecular weight is 459 g/mol. The van der Waals surface area contributed by atoms with Gasteiger partial charge in [-0.05, 0) is 38.2 Å². The van der Waals surface area contributed by atoms with Gasteiger partial charge in [0.05, 0.1) is 24.5 Å². The number of benzene rings is 1. The summed E-state index contributed by atoms with van der Waals surface area (Å²) in [6, 6.07) is 8.87. The van der Waals surface area contributed by atoms with Gasteiger partial charge in [0.1, 0.15) is 11.6 Å². The van der Waals surface area contributed by atoms with Crippen molar-refractivity contribution in [3.05, 3.63) is 35.9 Å². The maximum Gasteiger partial charge on any atom is 0.312 e. The molecule has 3 heterocycles. The highest BCUT2D eigenvalue weighted by Crippen LogP contribution is 2.58. The third-order valence-corrected chi connectivity index (χ3v) is 7.22. The topological polar surface area (TPSA) is 105 Å². The molecule has 3 saturated heterocycles. The fraction of sp³-hybridized carbons (Fsp3) is 0.640. The van der Waals surface area contributed by atoms with Gasteiger partial charge >= 0.3 is 5.97 Å². The predicted molar refractivity (Wildman–Crippen MR) is 120 cm³/mol. The van der Waals surface area contributed by atoms with E-state index in [-0.39, 0.29) is 31.1 Å². The van der Waals surface area contributed by atoms with Crippen molar-refractivity contribution in [2.45, 2.75) is 69.7 Å². The third-order valence-electron chi connectivity index (χ3n) is 7.22. The Bertz CT molecular complexity index is 862. The minimum absolute atomic E-state index is 0.148. The summed E-state index contributed by atoms with van der Waals surface area (Å²) in [6.45, 7) is 2.92. The number of ether oxygens (including phenoxy) is 2. The van der Waals surface area contributed by atoms with Gasteiger partial charge in [-0.3, -0.25) is 14.4 Å². The maximum absolute atomic E-state index is 13.6. The smallest absolute Gasteiger partial charge is 0.312 e. The van der Waals surface area contributed by atoms with E-state index >= 15 is 0 Å². The maximum atomic E-state index is 13.6. The highest BCUT2D eigenvalue weighted by atomic mass is 16.6. The van der Waals surface area contributed by atoms with Crippen LogP contribution in [0, 0.1) is 11.8 Å². The Morgan fingerprint density at radius 3 is 2.70 bits per heavy atom. The molecule has 2 N–H and O–H groups in total. The number of carbonyl (C=O) groups excluding carboxylic acids is 3. The normalized spacial score (nSPS) is 29.9. The van der Waals surface area contributed by atoms with E-state index in [9.17, 15) is 14.4 Å². The molecule has 2 bridgehead atoms. The van der Waals surface area contributed by atoms with Gasteiger partial charge in [-0.15, -0.1) is 0 Å². The first-order valence-electron chi connectivity index (χ1n) is 12.1. The molecule has 3 fully saturated rings. The van der Waals surface area contributed by atoms with Crippen molar-refractivity contribution < 1.29 is 29.0 Å². The number of likely N-dealkylation sites (tertiary alicyclic amines) is 1. The van der Waals surface area contributed by atoms with Gasteiger partial charge in [-0.25, -0.2) is 0 Å². The average Bonchev–Trinajstić information content (AvgIpc) is 3.46. The van der Waals surface area contributed by atoms with E-state index in [1.54, 1.807) is 11.8 Å². The van der Waals surface area contributed by atoms with Crippen molar-refractivity contribution in [3.63, 3.8) is 0 Å². The molecule has 0 radical (unpaired) electrons. The molecule has 8 nitrogen and oxygen atoms in total. The van der Waals surface area contributed by atoms with E-state index in [1.807, 2.05) is 30.3 Å². The number of nitrogens with one attached hydrogen (secondary N) is 1. The van der Waals surface area contributed by atoms with Gasteiger partial charge in [0.2, 0.25) is 11.8 Å². The molecular weight excluding hydrogens is 424 g/mol. The lowest BCUT2D eigenvalue weighted by molar-refractivity contribution is -0.154. The van der Waals surface area contributed by atoms with Crippen LogP contribution in [0.2, 0.25) is 0 Å². The van der Waals surface area contributed by atoms with Gasteiger partial charge in [0.15, 0.2) is 0 Å². The van der Waals surface area contributed by atoms with Crippen LogP contribution >= 0.6 is 0 Å². The Labute approximate surface area is 194 Å². The molecule has 0 saturated carbocycles. The standard InChI is InChI=1S/C25H34N2O6/c1-2-32-24(31)19-18-12-13-25(33-18)20(19)23(30)27(14-8-3-4-9-15-28)21(25)22(29)26-16-17-10-6-5-7-11-17/h5-7,10-11,18-21,28H,2-4,8-9,12-16H2,1H3,(H,26,29)/t18-,19+,20+,21-,25+/m1/s1. The van der Waals surface area contributed by atoms with Crippen LogP contribution in [0.4, 0.5) is 0 Å². The first-order valence-corrected chi connectivity index (χ1v) is 12.1. The lowest BCUT2D eigenvalue weighted by Gasteiger charge is -2.33. The van der Waals surface area contributed by atoms with Crippen LogP contribution in [0.1, 0.15) is 51.0 Å². The molecule has 0 aromatic heterocycles. The number of aliphatic hydroxyl groups is 1. The van der Waals surface area contributed by atoms with Crippen LogP contribution in [0.3, 0.4) is 0 Å². The lowest BCUT2D eigenvalue weighted by atomic mass is 9.71. The second-order valence-corrected chi connectivity index (χ2v) is 9.18. The fourth-order valence-corrected chi connectivity index (χ4v) is 5.83. The van der Waals surface area contributed by atoms with Crippen LogP contribution in [-0.2, 0) is 30.4 Å².